The van der Waals surface area contributed by atoms with Gasteiger partial charge in [-0.1, -0.05) is 90.6 Å². The molecule has 46 heavy (non-hydrogen) atoms. The van der Waals surface area contributed by atoms with Crippen molar-refractivity contribution >= 4 is 12.0 Å². The summed E-state index contributed by atoms with van der Waals surface area (Å²) >= 11 is 0. The largest absolute Gasteiger partial charge is 0.444 e. The van der Waals surface area contributed by atoms with Gasteiger partial charge < -0.3 is 15.4 Å². The molecule has 1 aromatic carbocycles. The Balaban J connectivity index is 1.32. The molecule has 0 aromatic heterocycles. The molecule has 5 rings (SSSR count). The minimum atomic E-state index is -0.678. The van der Waals surface area contributed by atoms with Crippen LogP contribution in [0.3, 0.4) is 0 Å². The van der Waals surface area contributed by atoms with Crippen LogP contribution in [0.25, 0.3) is 0 Å². The lowest BCUT2D eigenvalue weighted by molar-refractivity contribution is -0.140. The minimum Gasteiger partial charge on any atom is -0.444 e. The Morgan fingerprint density at radius 1 is 0.913 bits per heavy atom. The fourth-order valence-electron chi connectivity index (χ4n) is 11.4. The van der Waals surface area contributed by atoms with Crippen molar-refractivity contribution in [2.24, 2.45) is 52.3 Å². The van der Waals surface area contributed by atoms with Gasteiger partial charge in [0, 0.05) is 12.5 Å². The lowest BCUT2D eigenvalue weighted by atomic mass is 9.43. The number of carbonyl (C=O) groups is 2. The number of hydrogen-bond acceptors (Lipinski definition) is 3. The zero-order chi connectivity index (χ0) is 33.3. The molecular weight excluding hydrogens is 568 g/mol. The Morgan fingerprint density at radius 2 is 1.65 bits per heavy atom. The number of rotatable bonds is 10. The monoisotopic (exact) mass is 635 g/mol. The van der Waals surface area contributed by atoms with E-state index in [0.717, 1.165) is 41.6 Å². The predicted octanol–water partition coefficient (Wildman–Crippen LogP) is 9.73. The Labute approximate surface area is 281 Å². The van der Waals surface area contributed by atoms with E-state index in [4.69, 9.17) is 4.74 Å². The van der Waals surface area contributed by atoms with Crippen LogP contribution in [0.2, 0.25) is 0 Å². The normalized spacial score (nSPS) is 35.3. The van der Waals surface area contributed by atoms with Gasteiger partial charge in [0.25, 0.3) is 0 Å². The number of benzene rings is 1. The van der Waals surface area contributed by atoms with Gasteiger partial charge in [0.05, 0.1) is 0 Å². The molecule has 5 heteroatoms. The van der Waals surface area contributed by atoms with Crippen molar-refractivity contribution in [3.8, 4) is 0 Å². The first-order chi connectivity index (χ1) is 21.7. The molecule has 4 saturated carbocycles. The summed E-state index contributed by atoms with van der Waals surface area (Å²) in [4.78, 5) is 27.1. The van der Waals surface area contributed by atoms with Crippen LogP contribution in [0.1, 0.15) is 138 Å². The topological polar surface area (TPSA) is 67.4 Å². The van der Waals surface area contributed by atoms with Crippen molar-refractivity contribution in [3.05, 3.63) is 35.9 Å². The van der Waals surface area contributed by atoms with E-state index in [0.29, 0.717) is 23.7 Å². The van der Waals surface area contributed by atoms with Gasteiger partial charge in [-0.15, -0.1) is 0 Å². The molecule has 0 bridgehead atoms. The smallest absolute Gasteiger partial charge is 0.408 e. The van der Waals surface area contributed by atoms with Crippen molar-refractivity contribution < 1.29 is 14.3 Å². The van der Waals surface area contributed by atoms with Gasteiger partial charge in [-0.25, -0.2) is 4.79 Å². The van der Waals surface area contributed by atoms with Crippen LogP contribution in [-0.2, 0) is 16.0 Å². The zero-order valence-corrected chi connectivity index (χ0v) is 30.5. The van der Waals surface area contributed by atoms with Crippen LogP contribution in [0.15, 0.2) is 30.3 Å². The fourth-order valence-corrected chi connectivity index (χ4v) is 11.4. The Hall–Kier alpha value is -2.04. The fraction of sp³-hybridized carbons (Fsp3) is 0.805. The molecule has 4 fully saturated rings. The van der Waals surface area contributed by atoms with Crippen LogP contribution in [-0.4, -0.2) is 29.7 Å². The van der Waals surface area contributed by atoms with Gasteiger partial charge in [-0.3, -0.25) is 4.79 Å². The van der Waals surface area contributed by atoms with Crippen molar-refractivity contribution in [1.29, 1.82) is 0 Å². The lowest BCUT2D eigenvalue weighted by Gasteiger charge is -2.63. The van der Waals surface area contributed by atoms with Crippen molar-refractivity contribution in [1.82, 2.24) is 10.6 Å². The van der Waals surface area contributed by atoms with Crippen molar-refractivity contribution in [2.75, 3.05) is 0 Å². The Morgan fingerprint density at radius 3 is 2.35 bits per heavy atom. The van der Waals surface area contributed by atoms with E-state index in [2.05, 4.69) is 45.3 Å². The summed E-state index contributed by atoms with van der Waals surface area (Å²) < 4.78 is 5.60. The van der Waals surface area contributed by atoms with Crippen LogP contribution in [0.4, 0.5) is 4.79 Å². The minimum absolute atomic E-state index is 0.0690. The maximum absolute atomic E-state index is 14.2. The number of amides is 2. The Bertz CT molecular complexity index is 1180. The second kappa shape index (κ2) is 14.2. The summed E-state index contributed by atoms with van der Waals surface area (Å²) in [6, 6.07) is 9.48. The van der Waals surface area contributed by atoms with Gasteiger partial charge >= 0.3 is 6.09 Å². The van der Waals surface area contributed by atoms with E-state index >= 15 is 0 Å². The van der Waals surface area contributed by atoms with Crippen LogP contribution >= 0.6 is 0 Å². The van der Waals surface area contributed by atoms with E-state index < -0.39 is 17.7 Å². The molecule has 5 nitrogen and oxygen atoms in total. The van der Waals surface area contributed by atoms with Crippen LogP contribution < -0.4 is 10.6 Å². The average Bonchev–Trinajstić information content (AvgIpc) is 3.34. The van der Waals surface area contributed by atoms with Crippen LogP contribution in [0.5, 0.6) is 0 Å². The number of carbonyl (C=O) groups excluding carboxylic acids is 2. The first-order valence-electron chi connectivity index (χ1n) is 19.1. The molecular formula is C41H66N2O3. The molecule has 0 radical (unpaired) electrons. The highest BCUT2D eigenvalue weighted by atomic mass is 16.6. The quantitative estimate of drug-likeness (QED) is 0.269. The van der Waals surface area contributed by atoms with E-state index in [1.165, 1.54) is 70.6 Å². The first kappa shape index (κ1) is 35.3. The molecule has 0 spiro atoms. The highest BCUT2D eigenvalue weighted by Crippen LogP contribution is 2.68. The number of fused-ring (bicyclic) bond motifs is 5. The summed E-state index contributed by atoms with van der Waals surface area (Å²) in [7, 11) is 0. The molecule has 258 valence electrons. The van der Waals surface area contributed by atoms with Gasteiger partial charge in [0.15, 0.2) is 0 Å². The standard InChI is InChI=1S/C41H66N2O3/c1-27(2)14-12-15-28(3)32-22-23-33-31-21-20-30-18-13-19-36(41(30,8)34(31)24-25-40(32,33)7)43-37(44)35(26-29-16-10-9-11-17-29)42-38(45)46-39(4,5)6/h9-11,16-17,27-28,30-36H,12-15,18-26H2,1-8H3,(H,42,45)(H,43,44)/t28-,30?,31+,32-,33+,34+,35+,36?,40-,41+/m1/s1. The number of nitrogens with one attached hydrogen (secondary N) is 2. The van der Waals surface area contributed by atoms with E-state index in [-0.39, 0.29) is 17.4 Å². The van der Waals surface area contributed by atoms with E-state index in [9.17, 15) is 9.59 Å². The number of ether oxygens (including phenoxy) is 1. The predicted molar refractivity (Wildman–Crippen MR) is 188 cm³/mol. The third-order valence-electron chi connectivity index (χ3n) is 13.6. The third-order valence-corrected chi connectivity index (χ3v) is 13.6. The molecule has 0 heterocycles. The Kier molecular flexibility index (Phi) is 10.9. The van der Waals surface area contributed by atoms with Crippen molar-refractivity contribution in [3.63, 3.8) is 0 Å². The van der Waals surface area contributed by atoms with Crippen molar-refractivity contribution in [2.45, 2.75) is 157 Å². The van der Waals surface area contributed by atoms with Gasteiger partial charge in [0.1, 0.15) is 11.6 Å². The van der Waals surface area contributed by atoms with E-state index in [1.807, 2.05) is 51.1 Å². The highest BCUT2D eigenvalue weighted by Gasteiger charge is 2.62. The average molecular weight is 635 g/mol. The summed E-state index contributed by atoms with van der Waals surface area (Å²) in [5.41, 5.74) is 0.972. The second-order valence-electron chi connectivity index (χ2n) is 17.9. The molecule has 2 amide bonds. The molecule has 4 aliphatic rings. The SMILES string of the molecule is CC(C)CCC[C@@H](C)[C@H]1CC[C@H]2[C@@H]3CCC4CCCC(NC(=O)[C@H](Cc5ccccc5)NC(=O)OC(C)(C)C)[C@]4(C)[C@H]3CC[C@]12C. The summed E-state index contributed by atoms with van der Waals surface area (Å²) in [6.45, 7) is 18.1. The van der Waals surface area contributed by atoms with Gasteiger partial charge in [-0.2, -0.15) is 0 Å². The maximum atomic E-state index is 14.2. The molecule has 4 aliphatic carbocycles. The highest BCUT2D eigenvalue weighted by molar-refractivity contribution is 5.86. The van der Waals surface area contributed by atoms with Crippen LogP contribution in [0, 0.1) is 52.3 Å². The third kappa shape index (κ3) is 7.49. The summed E-state index contributed by atoms with van der Waals surface area (Å²) in [5, 5.41) is 6.55. The molecule has 10 atom stereocenters. The second-order valence-corrected chi connectivity index (χ2v) is 17.9. The molecule has 0 aliphatic heterocycles. The molecule has 1 aromatic rings. The summed E-state index contributed by atoms with van der Waals surface area (Å²) in [5.74, 6) is 5.32. The first-order valence-corrected chi connectivity index (χ1v) is 19.1. The number of alkyl carbamates (subject to hydrolysis) is 1. The van der Waals surface area contributed by atoms with Gasteiger partial charge in [-0.05, 0) is 130 Å². The number of hydrogen-bond donors (Lipinski definition) is 2. The summed E-state index contributed by atoms with van der Waals surface area (Å²) in [6.07, 6.45) is 15.6. The van der Waals surface area contributed by atoms with Gasteiger partial charge in [0.2, 0.25) is 5.91 Å². The van der Waals surface area contributed by atoms with E-state index in [1.54, 1.807) is 0 Å². The maximum Gasteiger partial charge on any atom is 0.408 e. The molecule has 2 N–H and O–H groups in total. The molecule has 2 unspecified atom stereocenters. The zero-order valence-electron chi connectivity index (χ0n) is 30.5. The molecule has 0 saturated heterocycles. The lowest BCUT2D eigenvalue weighted by Crippen LogP contribution is -2.63.